The first-order valence-electron chi connectivity index (χ1n) is 12.4. The van der Waals surface area contributed by atoms with Gasteiger partial charge in [0.05, 0.1) is 10.9 Å². The minimum atomic E-state index is 0.506. The summed E-state index contributed by atoms with van der Waals surface area (Å²) in [6, 6.07) is 27.2. The number of rotatable bonds is 3. The number of benzene rings is 3. The molecule has 33 heavy (non-hydrogen) atoms. The van der Waals surface area contributed by atoms with Crippen molar-refractivity contribution in [1.29, 1.82) is 0 Å². The number of hydrogen-bond acceptors (Lipinski definition) is 0. The van der Waals surface area contributed by atoms with E-state index in [0.29, 0.717) is 11.3 Å². The summed E-state index contributed by atoms with van der Waals surface area (Å²) in [4.78, 5) is 0. The molecule has 0 amide bonds. The molecule has 0 saturated heterocycles. The molecule has 1 heterocycles. The van der Waals surface area contributed by atoms with Gasteiger partial charge in [0.1, 0.15) is 7.05 Å². The van der Waals surface area contributed by atoms with E-state index in [4.69, 9.17) is 0 Å². The molecule has 3 aromatic carbocycles. The van der Waals surface area contributed by atoms with Crippen LogP contribution in [0.5, 0.6) is 0 Å². The molecule has 1 aliphatic rings. The van der Waals surface area contributed by atoms with Crippen LogP contribution in [0.4, 0.5) is 0 Å². The van der Waals surface area contributed by atoms with Crippen molar-refractivity contribution in [3.05, 3.63) is 89.6 Å². The zero-order valence-corrected chi connectivity index (χ0v) is 20.8. The molecule has 1 heteroatoms. The van der Waals surface area contributed by atoms with E-state index in [-0.39, 0.29) is 0 Å². The molecular weight excluding hydrogens is 398 g/mol. The van der Waals surface area contributed by atoms with E-state index in [1.807, 2.05) is 0 Å². The fourth-order valence-electron chi connectivity index (χ4n) is 5.59. The van der Waals surface area contributed by atoms with Crippen molar-refractivity contribution >= 4 is 10.8 Å². The van der Waals surface area contributed by atoms with Gasteiger partial charge in [-0.2, -0.15) is 4.57 Å². The van der Waals surface area contributed by atoms with Gasteiger partial charge in [-0.3, -0.25) is 0 Å². The second kappa shape index (κ2) is 8.45. The number of hydrogen-bond donors (Lipinski definition) is 0. The van der Waals surface area contributed by atoms with Gasteiger partial charge in [-0.15, -0.1) is 0 Å². The third-order valence-corrected chi connectivity index (χ3v) is 7.97. The average Bonchev–Trinajstić information content (AvgIpc) is 2.81. The van der Waals surface area contributed by atoms with Gasteiger partial charge in [0.15, 0.2) is 5.69 Å². The van der Waals surface area contributed by atoms with Gasteiger partial charge in [0.25, 0.3) is 0 Å². The van der Waals surface area contributed by atoms with E-state index in [0.717, 1.165) is 0 Å². The first-order valence-corrected chi connectivity index (χ1v) is 12.4. The number of aromatic nitrogens is 1. The third-order valence-electron chi connectivity index (χ3n) is 7.97. The molecular formula is C32H36N+. The van der Waals surface area contributed by atoms with E-state index < -0.39 is 0 Å². The van der Waals surface area contributed by atoms with E-state index in [9.17, 15) is 0 Å². The summed E-state index contributed by atoms with van der Waals surface area (Å²) in [7, 11) is 2.20. The zero-order valence-electron chi connectivity index (χ0n) is 20.8. The van der Waals surface area contributed by atoms with Crippen molar-refractivity contribution in [2.45, 2.75) is 59.3 Å². The van der Waals surface area contributed by atoms with Crippen LogP contribution in [0.25, 0.3) is 33.2 Å². The van der Waals surface area contributed by atoms with Crippen LogP contribution in [0, 0.1) is 19.3 Å². The van der Waals surface area contributed by atoms with Crippen LogP contribution in [-0.2, 0) is 7.05 Å². The summed E-state index contributed by atoms with van der Waals surface area (Å²) in [6.45, 7) is 9.31. The SMILES string of the molecule is Cc1ccc(-c2ccccc2)cc1-c1c2ccc(C3CCC(C)(C)CC3)cc2cc(C)[n+]1C. The summed E-state index contributed by atoms with van der Waals surface area (Å²) in [6.07, 6.45) is 5.27. The Morgan fingerprint density at radius 3 is 2.24 bits per heavy atom. The molecule has 4 aromatic rings. The number of aryl methyl sites for hydroxylation is 2. The maximum atomic E-state index is 2.48. The topological polar surface area (TPSA) is 3.88 Å². The monoisotopic (exact) mass is 434 g/mol. The molecule has 0 atom stereocenters. The molecule has 0 radical (unpaired) electrons. The fraction of sp³-hybridized carbons (Fsp3) is 0.344. The molecule has 1 aromatic heterocycles. The summed E-state index contributed by atoms with van der Waals surface area (Å²) < 4.78 is 2.36. The number of nitrogens with zero attached hydrogens (tertiary/aromatic N) is 1. The molecule has 0 unspecified atom stereocenters. The summed E-state index contributed by atoms with van der Waals surface area (Å²) in [5.74, 6) is 0.697. The smallest absolute Gasteiger partial charge is 0.198 e. The van der Waals surface area contributed by atoms with E-state index in [1.54, 1.807) is 0 Å². The van der Waals surface area contributed by atoms with Crippen LogP contribution in [0.15, 0.2) is 72.8 Å². The minimum Gasteiger partial charge on any atom is -0.198 e. The molecule has 1 saturated carbocycles. The number of pyridine rings is 1. The maximum absolute atomic E-state index is 2.48. The zero-order chi connectivity index (χ0) is 23.2. The van der Waals surface area contributed by atoms with Crippen LogP contribution in [-0.4, -0.2) is 0 Å². The van der Waals surface area contributed by atoms with Crippen LogP contribution in [0.2, 0.25) is 0 Å². The van der Waals surface area contributed by atoms with Crippen molar-refractivity contribution in [3.8, 4) is 22.4 Å². The van der Waals surface area contributed by atoms with Gasteiger partial charge in [-0.05, 0) is 83.7 Å². The maximum Gasteiger partial charge on any atom is 0.220 e. The lowest BCUT2D eigenvalue weighted by Gasteiger charge is -2.34. The summed E-state index contributed by atoms with van der Waals surface area (Å²) in [5.41, 5.74) is 9.81. The van der Waals surface area contributed by atoms with Gasteiger partial charge >= 0.3 is 0 Å². The first-order chi connectivity index (χ1) is 15.8. The molecule has 1 nitrogen and oxygen atoms in total. The van der Waals surface area contributed by atoms with Gasteiger partial charge in [-0.25, -0.2) is 0 Å². The highest BCUT2D eigenvalue weighted by molar-refractivity contribution is 5.95. The van der Waals surface area contributed by atoms with Crippen LogP contribution in [0.1, 0.15) is 62.3 Å². The lowest BCUT2D eigenvalue weighted by Crippen LogP contribution is -2.35. The van der Waals surface area contributed by atoms with Crippen LogP contribution < -0.4 is 4.57 Å². The minimum absolute atomic E-state index is 0.506. The van der Waals surface area contributed by atoms with Crippen molar-refractivity contribution in [3.63, 3.8) is 0 Å². The molecule has 1 fully saturated rings. The predicted octanol–water partition coefficient (Wildman–Crippen LogP) is 8.30. The molecule has 168 valence electrons. The Morgan fingerprint density at radius 2 is 1.52 bits per heavy atom. The Kier molecular flexibility index (Phi) is 5.60. The van der Waals surface area contributed by atoms with E-state index in [1.165, 1.54) is 75.7 Å². The molecule has 0 N–H and O–H groups in total. The van der Waals surface area contributed by atoms with Gasteiger partial charge in [0, 0.05) is 13.0 Å². The summed E-state index contributed by atoms with van der Waals surface area (Å²) >= 11 is 0. The van der Waals surface area contributed by atoms with Crippen molar-refractivity contribution in [1.82, 2.24) is 0 Å². The Labute approximate surface area is 199 Å². The van der Waals surface area contributed by atoms with Crippen molar-refractivity contribution in [2.24, 2.45) is 12.5 Å². The molecule has 0 spiro atoms. The van der Waals surface area contributed by atoms with Crippen LogP contribution in [0.3, 0.4) is 0 Å². The highest BCUT2D eigenvalue weighted by Crippen LogP contribution is 2.43. The Hall–Kier alpha value is -2.93. The van der Waals surface area contributed by atoms with Crippen LogP contribution >= 0.6 is 0 Å². The molecule has 5 rings (SSSR count). The van der Waals surface area contributed by atoms with E-state index in [2.05, 4.69) is 112 Å². The second-order valence-corrected chi connectivity index (χ2v) is 10.9. The Bertz CT molecular complexity index is 1300. The predicted molar refractivity (Wildman–Crippen MR) is 140 cm³/mol. The molecule has 0 aliphatic heterocycles. The summed E-state index contributed by atoms with van der Waals surface area (Å²) in [5, 5.41) is 2.71. The Balaban J connectivity index is 1.63. The lowest BCUT2D eigenvalue weighted by molar-refractivity contribution is -0.665. The second-order valence-electron chi connectivity index (χ2n) is 10.9. The van der Waals surface area contributed by atoms with Crippen molar-refractivity contribution in [2.75, 3.05) is 0 Å². The standard InChI is InChI=1S/C32H36N/c1-22-11-12-27(24-9-7-6-8-10-24)21-30(22)31-29-14-13-26(20-28(29)19-23(2)33(31)5)25-15-17-32(3,4)18-16-25/h6-14,19-21,25H,15-18H2,1-5H3/q+1. The van der Waals surface area contributed by atoms with Crippen molar-refractivity contribution < 1.29 is 4.57 Å². The Morgan fingerprint density at radius 1 is 0.788 bits per heavy atom. The number of fused-ring (bicyclic) bond motifs is 1. The molecule has 0 bridgehead atoms. The highest BCUT2D eigenvalue weighted by Gasteiger charge is 2.28. The third kappa shape index (κ3) is 4.22. The fourth-order valence-corrected chi connectivity index (χ4v) is 5.59. The normalized spacial score (nSPS) is 16.3. The van der Waals surface area contributed by atoms with Gasteiger partial charge in [-0.1, -0.05) is 68.4 Å². The highest BCUT2D eigenvalue weighted by atomic mass is 14.9. The lowest BCUT2D eigenvalue weighted by atomic mass is 9.71. The quantitative estimate of drug-likeness (QED) is 0.285. The average molecular weight is 435 g/mol. The van der Waals surface area contributed by atoms with Gasteiger partial charge < -0.3 is 0 Å². The first kappa shape index (κ1) is 21.9. The molecule has 1 aliphatic carbocycles. The van der Waals surface area contributed by atoms with Gasteiger partial charge in [0.2, 0.25) is 5.69 Å². The largest absolute Gasteiger partial charge is 0.220 e. The van der Waals surface area contributed by atoms with E-state index >= 15 is 0 Å².